The molecule has 0 aliphatic carbocycles. The maximum Gasteiger partial charge on any atom is 0.381 e. The highest BCUT2D eigenvalue weighted by Gasteiger charge is 2.43. The number of hydrogen-bond acceptors (Lipinski definition) is 6. The van der Waals surface area contributed by atoms with E-state index in [-0.39, 0.29) is 13.2 Å². The number of aryl methyl sites for hydroxylation is 1. The molecule has 0 saturated carbocycles. The zero-order chi connectivity index (χ0) is 23.5. The molecule has 0 radical (unpaired) electrons. The minimum absolute atomic E-state index is 0.153. The van der Waals surface area contributed by atoms with E-state index in [1.807, 2.05) is 13.0 Å². The number of nitriles is 1. The molecule has 3 rings (SSSR count). The molecule has 0 aliphatic rings. The largest absolute Gasteiger partial charge is 0.461 e. The fourth-order valence-electron chi connectivity index (χ4n) is 3.52. The van der Waals surface area contributed by atoms with Crippen LogP contribution in [0.4, 0.5) is 8.78 Å². The molecule has 0 N–H and O–H groups in total. The summed E-state index contributed by atoms with van der Waals surface area (Å²) in [7, 11) is 2.88. The first-order valence-corrected chi connectivity index (χ1v) is 9.88. The standard InChI is InChI=1S/C23H23F2N3O4/c1-5-32-22(29)23(24,25)16-9-10-17-19(11-16)28(27-20(17)21(30-3)31-4)13-18-14(2)7-6-8-15(18)12-26/h6-11,21H,5,13H2,1-4H3. The smallest absolute Gasteiger partial charge is 0.381 e. The molecule has 0 aliphatic heterocycles. The van der Waals surface area contributed by atoms with Crippen LogP contribution in [0.1, 0.15) is 41.2 Å². The van der Waals surface area contributed by atoms with Crippen LogP contribution >= 0.6 is 0 Å². The first-order chi connectivity index (χ1) is 15.3. The van der Waals surface area contributed by atoms with Crippen molar-refractivity contribution in [2.75, 3.05) is 20.8 Å². The number of halogens is 2. The van der Waals surface area contributed by atoms with Crippen molar-refractivity contribution in [3.8, 4) is 6.07 Å². The Bertz CT molecular complexity index is 1180. The van der Waals surface area contributed by atoms with Crippen LogP contribution in [-0.2, 0) is 31.5 Å². The van der Waals surface area contributed by atoms with Crippen molar-refractivity contribution >= 4 is 16.9 Å². The predicted octanol–water partition coefficient (Wildman–Crippen LogP) is 4.21. The molecule has 0 fully saturated rings. The highest BCUT2D eigenvalue weighted by molar-refractivity contribution is 5.86. The number of methoxy groups -OCH3 is 2. The van der Waals surface area contributed by atoms with E-state index in [1.54, 1.807) is 12.1 Å². The second-order valence-electron chi connectivity index (χ2n) is 7.09. The number of aromatic nitrogens is 2. The van der Waals surface area contributed by atoms with Gasteiger partial charge in [-0.15, -0.1) is 0 Å². The Morgan fingerprint density at radius 3 is 2.59 bits per heavy atom. The van der Waals surface area contributed by atoms with E-state index >= 15 is 0 Å². The van der Waals surface area contributed by atoms with Gasteiger partial charge in [0.2, 0.25) is 6.29 Å². The summed E-state index contributed by atoms with van der Waals surface area (Å²) in [6, 6.07) is 11.3. The predicted molar refractivity (Wildman–Crippen MR) is 112 cm³/mol. The number of alkyl halides is 2. The van der Waals surface area contributed by atoms with Gasteiger partial charge in [-0.3, -0.25) is 4.68 Å². The lowest BCUT2D eigenvalue weighted by Crippen LogP contribution is -2.28. The Morgan fingerprint density at radius 2 is 1.97 bits per heavy atom. The van der Waals surface area contributed by atoms with Gasteiger partial charge in [0, 0.05) is 25.2 Å². The van der Waals surface area contributed by atoms with Gasteiger partial charge < -0.3 is 14.2 Å². The van der Waals surface area contributed by atoms with Crippen LogP contribution in [0, 0.1) is 18.3 Å². The average Bonchev–Trinajstić information content (AvgIpc) is 3.14. The SMILES string of the molecule is CCOC(=O)C(F)(F)c1ccc2c(C(OC)OC)nn(Cc3c(C)cccc3C#N)c2c1. The van der Waals surface area contributed by atoms with Crippen molar-refractivity contribution in [1.29, 1.82) is 5.26 Å². The number of esters is 1. The third kappa shape index (κ3) is 4.20. The van der Waals surface area contributed by atoms with E-state index in [2.05, 4.69) is 15.9 Å². The van der Waals surface area contributed by atoms with Gasteiger partial charge in [-0.25, -0.2) is 4.79 Å². The first-order valence-electron chi connectivity index (χ1n) is 9.88. The third-order valence-electron chi connectivity index (χ3n) is 5.16. The Hall–Kier alpha value is -3.35. The van der Waals surface area contributed by atoms with Gasteiger partial charge in [0.05, 0.1) is 30.3 Å². The van der Waals surface area contributed by atoms with E-state index in [1.165, 1.54) is 38.0 Å². The highest BCUT2D eigenvalue weighted by Crippen LogP contribution is 2.34. The van der Waals surface area contributed by atoms with Crippen LogP contribution in [-0.4, -0.2) is 36.6 Å². The molecule has 168 valence electrons. The van der Waals surface area contributed by atoms with Crippen molar-refractivity contribution in [1.82, 2.24) is 9.78 Å². The van der Waals surface area contributed by atoms with Gasteiger partial charge in [-0.1, -0.05) is 24.3 Å². The molecule has 0 saturated heterocycles. The molecule has 2 aromatic carbocycles. The molecule has 0 unspecified atom stereocenters. The van der Waals surface area contributed by atoms with Crippen LogP contribution < -0.4 is 0 Å². The topological polar surface area (TPSA) is 86.4 Å². The maximum absolute atomic E-state index is 14.7. The number of carbonyl (C=O) groups is 1. The highest BCUT2D eigenvalue weighted by atomic mass is 19.3. The summed E-state index contributed by atoms with van der Waals surface area (Å²) in [5.41, 5.74) is 2.24. The molecule has 0 atom stereocenters. The number of hydrogen-bond donors (Lipinski definition) is 0. The van der Waals surface area contributed by atoms with Gasteiger partial charge in [0.1, 0.15) is 5.69 Å². The van der Waals surface area contributed by atoms with Crippen molar-refractivity contribution in [2.45, 2.75) is 32.6 Å². The normalized spacial score (nSPS) is 11.7. The Kier molecular flexibility index (Phi) is 6.87. The number of ether oxygens (including phenoxy) is 3. The molecule has 1 aromatic heterocycles. The van der Waals surface area contributed by atoms with Crippen LogP contribution in [0.2, 0.25) is 0 Å². The van der Waals surface area contributed by atoms with Crippen LogP contribution in [0.15, 0.2) is 36.4 Å². The van der Waals surface area contributed by atoms with Crippen molar-refractivity contribution in [3.63, 3.8) is 0 Å². The monoisotopic (exact) mass is 443 g/mol. The Balaban J connectivity index is 2.21. The van der Waals surface area contributed by atoms with E-state index in [0.717, 1.165) is 11.6 Å². The third-order valence-corrected chi connectivity index (χ3v) is 5.16. The number of carbonyl (C=O) groups excluding carboxylic acids is 1. The molecule has 0 bridgehead atoms. The van der Waals surface area contributed by atoms with Crippen molar-refractivity contribution in [3.05, 3.63) is 64.3 Å². The molecular formula is C23H23F2N3O4. The second kappa shape index (κ2) is 9.42. The average molecular weight is 443 g/mol. The molecule has 1 heterocycles. The molecule has 9 heteroatoms. The second-order valence-corrected chi connectivity index (χ2v) is 7.09. The summed E-state index contributed by atoms with van der Waals surface area (Å²) < 4.78 is 46.1. The summed E-state index contributed by atoms with van der Waals surface area (Å²) in [5.74, 6) is -5.45. The number of benzene rings is 2. The maximum atomic E-state index is 14.7. The molecule has 0 spiro atoms. The van der Waals surface area contributed by atoms with E-state index in [9.17, 15) is 18.8 Å². The van der Waals surface area contributed by atoms with E-state index in [0.29, 0.717) is 27.7 Å². The van der Waals surface area contributed by atoms with Crippen LogP contribution in [0.25, 0.3) is 10.9 Å². The molecule has 3 aromatic rings. The fraction of sp³-hybridized carbons (Fsp3) is 0.348. The minimum atomic E-state index is -3.83. The van der Waals surface area contributed by atoms with Crippen molar-refractivity contribution in [2.24, 2.45) is 0 Å². The molecule has 0 amide bonds. The lowest BCUT2D eigenvalue weighted by molar-refractivity contribution is -0.173. The van der Waals surface area contributed by atoms with Gasteiger partial charge in [0.15, 0.2) is 0 Å². The van der Waals surface area contributed by atoms with Gasteiger partial charge in [-0.05, 0) is 37.1 Å². The Morgan fingerprint density at radius 1 is 1.25 bits per heavy atom. The molecule has 7 nitrogen and oxygen atoms in total. The van der Waals surface area contributed by atoms with Gasteiger partial charge >= 0.3 is 11.9 Å². The first kappa shape index (κ1) is 23.3. The van der Waals surface area contributed by atoms with Gasteiger partial charge in [0.25, 0.3) is 0 Å². The Labute approximate surface area is 184 Å². The lowest BCUT2D eigenvalue weighted by Gasteiger charge is -2.15. The number of nitrogens with zero attached hydrogens (tertiary/aromatic N) is 3. The van der Waals surface area contributed by atoms with Crippen LogP contribution in [0.5, 0.6) is 0 Å². The van der Waals surface area contributed by atoms with Crippen molar-refractivity contribution < 1.29 is 27.8 Å². The van der Waals surface area contributed by atoms with E-state index < -0.39 is 23.7 Å². The quantitative estimate of drug-likeness (QED) is 0.383. The fourth-order valence-corrected chi connectivity index (χ4v) is 3.52. The summed E-state index contributed by atoms with van der Waals surface area (Å²) in [4.78, 5) is 11.8. The summed E-state index contributed by atoms with van der Waals surface area (Å²) in [6.45, 7) is 3.31. The number of fused-ring (bicyclic) bond motifs is 1. The summed E-state index contributed by atoms with van der Waals surface area (Å²) in [5, 5.41) is 14.6. The summed E-state index contributed by atoms with van der Waals surface area (Å²) in [6.07, 6.45) is -0.831. The van der Waals surface area contributed by atoms with Gasteiger partial charge in [-0.2, -0.15) is 19.1 Å². The molecule has 32 heavy (non-hydrogen) atoms. The zero-order valence-corrected chi connectivity index (χ0v) is 18.2. The molecular weight excluding hydrogens is 420 g/mol. The summed E-state index contributed by atoms with van der Waals surface area (Å²) >= 11 is 0. The zero-order valence-electron chi connectivity index (χ0n) is 18.2. The van der Waals surface area contributed by atoms with Crippen LogP contribution in [0.3, 0.4) is 0 Å². The minimum Gasteiger partial charge on any atom is -0.461 e. The lowest BCUT2D eigenvalue weighted by atomic mass is 10.0. The number of rotatable bonds is 8. The van der Waals surface area contributed by atoms with E-state index in [4.69, 9.17) is 9.47 Å².